The summed E-state index contributed by atoms with van der Waals surface area (Å²) in [5.74, 6) is 0. The molecule has 0 aromatic heterocycles. The van der Waals surface area contributed by atoms with Crippen LogP contribution in [0.2, 0.25) is 0 Å². The Morgan fingerprint density at radius 3 is 1.38 bits per heavy atom. The van der Waals surface area contributed by atoms with Crippen LogP contribution in [0, 0.1) is 0 Å². The zero-order valence-electron chi connectivity index (χ0n) is 11.4. The van der Waals surface area contributed by atoms with Gasteiger partial charge in [0.2, 0.25) is 0 Å². The third-order valence-corrected chi connectivity index (χ3v) is 2.73. The van der Waals surface area contributed by atoms with E-state index >= 15 is 0 Å². The van der Waals surface area contributed by atoms with Crippen LogP contribution in [0.25, 0.3) is 0 Å². The van der Waals surface area contributed by atoms with E-state index in [2.05, 4.69) is 42.3 Å². The van der Waals surface area contributed by atoms with Gasteiger partial charge in [-0.1, -0.05) is 0 Å². The van der Waals surface area contributed by atoms with Crippen molar-refractivity contribution in [3.63, 3.8) is 0 Å². The van der Waals surface area contributed by atoms with Crippen LogP contribution in [-0.2, 0) is 9.05 Å². The quantitative estimate of drug-likeness (QED) is 0.510. The van der Waals surface area contributed by atoms with E-state index in [1.165, 1.54) is 0 Å². The van der Waals surface area contributed by atoms with Crippen molar-refractivity contribution in [3.05, 3.63) is 0 Å². The first kappa shape index (κ1) is 16.2. The fraction of sp³-hybridized carbons (Fsp3) is 1.00. The SMILES string of the molecule is C[N+](C)(C)CCOP(O)OCC[N+](C)(C)C. The summed E-state index contributed by atoms with van der Waals surface area (Å²) >= 11 is 0. The van der Waals surface area contributed by atoms with E-state index in [-0.39, 0.29) is 0 Å². The molecule has 0 atom stereocenters. The van der Waals surface area contributed by atoms with Gasteiger partial charge >= 0.3 is 8.60 Å². The van der Waals surface area contributed by atoms with E-state index in [1.807, 2.05) is 0 Å². The van der Waals surface area contributed by atoms with Gasteiger partial charge in [-0.05, 0) is 0 Å². The summed E-state index contributed by atoms with van der Waals surface area (Å²) in [6, 6.07) is 0. The van der Waals surface area contributed by atoms with Crippen molar-refractivity contribution in [2.75, 3.05) is 68.6 Å². The van der Waals surface area contributed by atoms with Crippen LogP contribution in [0.3, 0.4) is 0 Å². The summed E-state index contributed by atoms with van der Waals surface area (Å²) in [5.41, 5.74) is 0. The lowest BCUT2D eigenvalue weighted by molar-refractivity contribution is -0.870. The van der Waals surface area contributed by atoms with Gasteiger partial charge in [0.1, 0.15) is 26.3 Å². The fourth-order valence-electron chi connectivity index (χ4n) is 0.823. The van der Waals surface area contributed by atoms with Crippen molar-refractivity contribution < 1.29 is 22.9 Å². The standard InChI is InChI=1S/C10H27N2O3P/c1-11(2,3)7-9-14-16(13)15-10-8-12(4,5)6/h13H,7-10H2,1-6H3/q+2. The van der Waals surface area contributed by atoms with E-state index in [0.717, 1.165) is 22.1 Å². The van der Waals surface area contributed by atoms with Crippen molar-refractivity contribution in [2.24, 2.45) is 0 Å². The smallest absolute Gasteiger partial charge is 0.329 e. The van der Waals surface area contributed by atoms with E-state index in [9.17, 15) is 4.89 Å². The summed E-state index contributed by atoms with van der Waals surface area (Å²) < 4.78 is 12.1. The maximum atomic E-state index is 9.45. The van der Waals surface area contributed by atoms with Crippen LogP contribution in [0.15, 0.2) is 0 Å². The fourth-order valence-corrected chi connectivity index (χ4v) is 1.37. The molecule has 5 nitrogen and oxygen atoms in total. The van der Waals surface area contributed by atoms with E-state index in [4.69, 9.17) is 9.05 Å². The van der Waals surface area contributed by atoms with Gasteiger partial charge in [-0.3, -0.25) is 0 Å². The highest BCUT2D eigenvalue weighted by Crippen LogP contribution is 2.32. The van der Waals surface area contributed by atoms with Crippen LogP contribution < -0.4 is 0 Å². The third kappa shape index (κ3) is 12.3. The predicted molar refractivity (Wildman–Crippen MR) is 66.8 cm³/mol. The van der Waals surface area contributed by atoms with E-state index < -0.39 is 8.60 Å². The molecule has 0 saturated heterocycles. The lowest BCUT2D eigenvalue weighted by Crippen LogP contribution is -2.37. The number of hydrogen-bond acceptors (Lipinski definition) is 3. The highest BCUT2D eigenvalue weighted by Gasteiger charge is 2.13. The Hall–Kier alpha value is 0.230. The molecule has 0 aromatic rings. The molecule has 0 heterocycles. The van der Waals surface area contributed by atoms with Crippen molar-refractivity contribution in [1.82, 2.24) is 0 Å². The van der Waals surface area contributed by atoms with Gasteiger partial charge in [0.25, 0.3) is 0 Å². The Bertz CT molecular complexity index is 169. The van der Waals surface area contributed by atoms with Gasteiger partial charge in [0.15, 0.2) is 0 Å². The highest BCUT2D eigenvalue weighted by molar-refractivity contribution is 7.40. The molecular formula is C10H27N2O3P+2. The van der Waals surface area contributed by atoms with Gasteiger partial charge in [-0.15, -0.1) is 0 Å². The van der Waals surface area contributed by atoms with Crippen LogP contribution in [0.4, 0.5) is 0 Å². The second kappa shape index (κ2) is 6.84. The molecule has 0 aliphatic heterocycles. The zero-order chi connectivity index (χ0) is 12.8. The topological polar surface area (TPSA) is 38.7 Å². The Kier molecular flexibility index (Phi) is 6.94. The zero-order valence-corrected chi connectivity index (χ0v) is 12.3. The van der Waals surface area contributed by atoms with Gasteiger partial charge in [-0.2, -0.15) is 0 Å². The van der Waals surface area contributed by atoms with Gasteiger partial charge in [0.05, 0.1) is 42.3 Å². The molecule has 0 bridgehead atoms. The minimum Gasteiger partial charge on any atom is -0.329 e. The normalized spacial score (nSPS) is 13.5. The Labute approximate surface area is 101 Å². The van der Waals surface area contributed by atoms with E-state index in [1.54, 1.807) is 0 Å². The molecule has 0 amide bonds. The molecule has 6 heteroatoms. The number of nitrogens with zero attached hydrogens (tertiary/aromatic N) is 2. The van der Waals surface area contributed by atoms with Crippen LogP contribution in [-0.4, -0.2) is 82.4 Å². The molecular weight excluding hydrogens is 227 g/mol. The first-order chi connectivity index (χ1) is 7.10. The monoisotopic (exact) mass is 254 g/mol. The minimum atomic E-state index is -1.71. The molecule has 0 aliphatic rings. The maximum Gasteiger partial charge on any atom is 0.330 e. The largest absolute Gasteiger partial charge is 0.330 e. The minimum absolute atomic E-state index is 0.524. The lowest BCUT2D eigenvalue weighted by Gasteiger charge is -2.25. The number of quaternary nitrogens is 2. The van der Waals surface area contributed by atoms with Gasteiger partial charge in [-0.25, -0.2) is 0 Å². The van der Waals surface area contributed by atoms with Crippen LogP contribution in [0.5, 0.6) is 0 Å². The summed E-state index contributed by atoms with van der Waals surface area (Å²) in [4.78, 5) is 9.45. The molecule has 0 fully saturated rings. The van der Waals surface area contributed by atoms with Crippen molar-refractivity contribution in [2.45, 2.75) is 0 Å². The Morgan fingerprint density at radius 2 is 1.12 bits per heavy atom. The van der Waals surface area contributed by atoms with E-state index in [0.29, 0.717) is 13.2 Å². The Balaban J connectivity index is 3.49. The average molecular weight is 254 g/mol. The van der Waals surface area contributed by atoms with Crippen molar-refractivity contribution >= 4 is 8.60 Å². The first-order valence-electron chi connectivity index (χ1n) is 5.46. The number of rotatable bonds is 8. The molecule has 0 saturated carbocycles. The molecule has 98 valence electrons. The second-order valence-electron chi connectivity index (χ2n) is 5.93. The molecule has 0 spiro atoms. The van der Waals surface area contributed by atoms with Gasteiger partial charge < -0.3 is 22.9 Å². The summed E-state index contributed by atoms with van der Waals surface area (Å²) in [6.45, 7) is 2.77. The maximum absolute atomic E-state index is 9.45. The summed E-state index contributed by atoms with van der Waals surface area (Å²) in [7, 11) is 10.8. The van der Waals surface area contributed by atoms with Crippen LogP contribution in [0.1, 0.15) is 0 Å². The van der Waals surface area contributed by atoms with Crippen LogP contribution >= 0.6 is 8.60 Å². The lowest BCUT2D eigenvalue weighted by atomic mass is 10.5. The summed E-state index contributed by atoms with van der Waals surface area (Å²) in [5, 5.41) is 0. The number of hydrogen-bond donors (Lipinski definition) is 1. The second-order valence-corrected chi connectivity index (χ2v) is 6.92. The molecule has 0 aliphatic carbocycles. The van der Waals surface area contributed by atoms with Crippen molar-refractivity contribution in [3.8, 4) is 0 Å². The summed E-state index contributed by atoms with van der Waals surface area (Å²) in [6.07, 6.45) is 0. The molecule has 0 rings (SSSR count). The third-order valence-electron chi connectivity index (χ3n) is 1.93. The van der Waals surface area contributed by atoms with Crippen molar-refractivity contribution in [1.29, 1.82) is 0 Å². The number of likely N-dealkylation sites (N-methyl/N-ethyl adjacent to an activating group) is 2. The average Bonchev–Trinajstić information content (AvgIpc) is 1.98. The molecule has 0 radical (unpaired) electrons. The highest BCUT2D eigenvalue weighted by atomic mass is 31.2. The molecule has 0 aromatic carbocycles. The first-order valence-corrected chi connectivity index (χ1v) is 6.59. The molecule has 0 unspecified atom stereocenters. The van der Waals surface area contributed by atoms with Gasteiger partial charge in [0, 0.05) is 0 Å². The molecule has 1 N–H and O–H groups in total. The predicted octanol–water partition coefficient (Wildman–Crippen LogP) is 0.651. The Morgan fingerprint density at radius 1 is 0.812 bits per heavy atom. The molecule has 16 heavy (non-hydrogen) atoms.